The van der Waals surface area contributed by atoms with Crippen LogP contribution in [0.4, 0.5) is 17.6 Å². The van der Waals surface area contributed by atoms with Gasteiger partial charge in [-0.2, -0.15) is 20.1 Å². The Balaban J connectivity index is 1.97. The lowest BCUT2D eigenvalue weighted by Gasteiger charge is -2.10. The minimum Gasteiger partial charge on any atom is -0.368 e. The van der Waals surface area contributed by atoms with Crippen molar-refractivity contribution in [1.29, 1.82) is 0 Å². The Morgan fingerprint density at radius 2 is 2.00 bits per heavy atom. The van der Waals surface area contributed by atoms with Crippen LogP contribution in [0.5, 0.6) is 0 Å². The van der Waals surface area contributed by atoms with E-state index in [-0.39, 0.29) is 5.95 Å². The summed E-state index contributed by atoms with van der Waals surface area (Å²) >= 11 is 0. The fraction of sp³-hybridized carbons (Fsp3) is 0.143. The highest BCUT2D eigenvalue weighted by Crippen LogP contribution is 2.20. The Bertz CT molecular complexity index is 765. The first-order chi connectivity index (χ1) is 10.1. The van der Waals surface area contributed by atoms with Gasteiger partial charge in [0, 0.05) is 18.1 Å². The van der Waals surface area contributed by atoms with Gasteiger partial charge in [0.15, 0.2) is 0 Å². The van der Waals surface area contributed by atoms with E-state index in [0.717, 1.165) is 16.8 Å². The van der Waals surface area contributed by atoms with Crippen LogP contribution < -0.4 is 11.1 Å². The highest BCUT2D eigenvalue weighted by molar-refractivity contribution is 5.60. The molecule has 3 aromatic rings. The first kappa shape index (κ1) is 13.0. The number of nitrogens with zero attached hydrogens (tertiary/aromatic N) is 5. The number of nitrogens with two attached hydrogens (primary N) is 1. The van der Waals surface area contributed by atoms with Crippen LogP contribution in [0.15, 0.2) is 36.7 Å². The highest BCUT2D eigenvalue weighted by atomic mass is 15.4. The summed E-state index contributed by atoms with van der Waals surface area (Å²) in [6.07, 6.45) is 3.40. The van der Waals surface area contributed by atoms with E-state index in [4.69, 9.17) is 5.73 Å². The predicted molar refractivity (Wildman–Crippen MR) is 80.6 cm³/mol. The zero-order valence-corrected chi connectivity index (χ0v) is 11.8. The molecule has 0 saturated heterocycles. The third-order valence-corrected chi connectivity index (χ3v) is 2.99. The molecule has 0 spiro atoms. The van der Waals surface area contributed by atoms with Crippen LogP contribution in [0.3, 0.4) is 0 Å². The van der Waals surface area contributed by atoms with Gasteiger partial charge < -0.3 is 11.1 Å². The Labute approximate surface area is 121 Å². The van der Waals surface area contributed by atoms with Gasteiger partial charge in [0.25, 0.3) is 5.95 Å². The third kappa shape index (κ3) is 2.81. The number of nitrogens with one attached hydrogen (secondary N) is 1. The van der Waals surface area contributed by atoms with Gasteiger partial charge in [0.1, 0.15) is 0 Å². The molecule has 21 heavy (non-hydrogen) atoms. The van der Waals surface area contributed by atoms with Gasteiger partial charge >= 0.3 is 0 Å². The molecule has 0 unspecified atom stereocenters. The lowest BCUT2D eigenvalue weighted by molar-refractivity contribution is 0.801. The molecule has 3 rings (SSSR count). The van der Waals surface area contributed by atoms with Crippen molar-refractivity contribution in [2.24, 2.45) is 0 Å². The molecule has 0 fully saturated rings. The van der Waals surface area contributed by atoms with Gasteiger partial charge in [-0.1, -0.05) is 12.1 Å². The molecule has 0 aliphatic heterocycles. The maximum absolute atomic E-state index is 5.74. The maximum Gasteiger partial charge on any atom is 0.257 e. The van der Waals surface area contributed by atoms with Crippen LogP contribution >= 0.6 is 0 Å². The number of rotatable bonds is 3. The first-order valence-electron chi connectivity index (χ1n) is 6.48. The van der Waals surface area contributed by atoms with Crippen LogP contribution in [-0.2, 0) is 0 Å². The fourth-order valence-corrected chi connectivity index (χ4v) is 1.92. The number of aryl methyl sites for hydroxylation is 2. The normalized spacial score (nSPS) is 10.6. The van der Waals surface area contributed by atoms with Crippen LogP contribution in [0.1, 0.15) is 11.1 Å². The molecular weight excluding hydrogens is 266 g/mol. The summed E-state index contributed by atoms with van der Waals surface area (Å²) in [6, 6.07) is 7.91. The van der Waals surface area contributed by atoms with E-state index in [1.165, 1.54) is 4.68 Å². The average molecular weight is 281 g/mol. The topological polar surface area (TPSA) is 94.5 Å². The van der Waals surface area contributed by atoms with E-state index in [2.05, 4.69) is 31.4 Å². The minimum absolute atomic E-state index is 0.142. The van der Waals surface area contributed by atoms with Crippen molar-refractivity contribution in [2.75, 3.05) is 11.1 Å². The molecule has 0 bridgehead atoms. The van der Waals surface area contributed by atoms with Gasteiger partial charge in [-0.15, -0.1) is 0 Å². The number of nitrogen functional groups attached to an aromatic ring is 1. The van der Waals surface area contributed by atoms with E-state index < -0.39 is 0 Å². The average Bonchev–Trinajstić information content (AvgIpc) is 2.96. The molecule has 0 amide bonds. The van der Waals surface area contributed by atoms with Gasteiger partial charge in [-0.25, -0.2) is 4.68 Å². The summed E-state index contributed by atoms with van der Waals surface area (Å²) in [6.45, 7) is 4.04. The van der Waals surface area contributed by atoms with Crippen LogP contribution in [0, 0.1) is 13.8 Å². The van der Waals surface area contributed by atoms with Crippen LogP contribution in [0.25, 0.3) is 5.95 Å². The van der Waals surface area contributed by atoms with Crippen LogP contribution in [-0.4, -0.2) is 24.7 Å². The SMILES string of the molecule is Cc1ccc(C)c(Nc2nc(N)nc(-n3cccn3)n2)c1. The summed E-state index contributed by atoms with van der Waals surface area (Å²) < 4.78 is 1.53. The quantitative estimate of drug-likeness (QED) is 0.762. The Morgan fingerprint density at radius 1 is 1.14 bits per heavy atom. The van der Waals surface area contributed by atoms with E-state index in [1.807, 2.05) is 26.0 Å². The molecule has 106 valence electrons. The summed E-state index contributed by atoms with van der Waals surface area (Å²) in [5.74, 6) is 0.908. The molecule has 0 aliphatic carbocycles. The highest BCUT2D eigenvalue weighted by Gasteiger charge is 2.08. The summed E-state index contributed by atoms with van der Waals surface area (Å²) in [7, 11) is 0. The van der Waals surface area contributed by atoms with Crippen molar-refractivity contribution >= 4 is 17.6 Å². The fourth-order valence-electron chi connectivity index (χ4n) is 1.92. The van der Waals surface area contributed by atoms with Crippen molar-refractivity contribution < 1.29 is 0 Å². The Kier molecular flexibility index (Phi) is 3.23. The van der Waals surface area contributed by atoms with Gasteiger partial charge in [-0.3, -0.25) is 0 Å². The zero-order valence-electron chi connectivity index (χ0n) is 11.8. The minimum atomic E-state index is 0.142. The maximum atomic E-state index is 5.74. The lowest BCUT2D eigenvalue weighted by atomic mass is 10.1. The number of aromatic nitrogens is 5. The zero-order chi connectivity index (χ0) is 14.8. The Morgan fingerprint density at radius 3 is 2.76 bits per heavy atom. The van der Waals surface area contributed by atoms with Crippen molar-refractivity contribution in [1.82, 2.24) is 24.7 Å². The molecule has 0 radical (unpaired) electrons. The molecule has 2 heterocycles. The third-order valence-electron chi connectivity index (χ3n) is 2.99. The van der Waals surface area contributed by atoms with Crippen molar-refractivity contribution in [2.45, 2.75) is 13.8 Å². The van der Waals surface area contributed by atoms with E-state index in [9.17, 15) is 0 Å². The van der Waals surface area contributed by atoms with E-state index in [0.29, 0.717) is 11.9 Å². The summed E-state index contributed by atoms with van der Waals surface area (Å²) in [5, 5.41) is 7.26. The Hall–Kier alpha value is -2.96. The second-order valence-electron chi connectivity index (χ2n) is 4.71. The molecule has 0 aliphatic rings. The molecule has 1 aromatic carbocycles. The summed E-state index contributed by atoms with van der Waals surface area (Å²) in [4.78, 5) is 12.5. The van der Waals surface area contributed by atoms with Gasteiger partial charge in [-0.05, 0) is 37.1 Å². The molecular formula is C14H15N7. The largest absolute Gasteiger partial charge is 0.368 e. The monoisotopic (exact) mass is 281 g/mol. The number of anilines is 3. The van der Waals surface area contributed by atoms with Crippen molar-refractivity contribution in [3.05, 3.63) is 47.8 Å². The van der Waals surface area contributed by atoms with Crippen molar-refractivity contribution in [3.8, 4) is 5.95 Å². The predicted octanol–water partition coefficient (Wildman–Crippen LogP) is 2.00. The van der Waals surface area contributed by atoms with Crippen LogP contribution in [0.2, 0.25) is 0 Å². The molecule has 3 N–H and O–H groups in total. The molecule has 7 nitrogen and oxygen atoms in total. The molecule has 0 saturated carbocycles. The van der Waals surface area contributed by atoms with Crippen molar-refractivity contribution in [3.63, 3.8) is 0 Å². The lowest BCUT2D eigenvalue weighted by Crippen LogP contribution is -2.09. The number of hydrogen-bond acceptors (Lipinski definition) is 6. The molecule has 7 heteroatoms. The van der Waals surface area contributed by atoms with Gasteiger partial charge in [0.2, 0.25) is 11.9 Å². The standard InChI is InChI=1S/C14H15N7/c1-9-4-5-10(2)11(8-9)17-13-18-12(15)19-14(20-13)21-7-3-6-16-21/h3-8H,1-2H3,(H3,15,17,18,19,20). The van der Waals surface area contributed by atoms with E-state index in [1.54, 1.807) is 18.5 Å². The first-order valence-corrected chi connectivity index (χ1v) is 6.48. The number of hydrogen-bond donors (Lipinski definition) is 2. The second kappa shape index (κ2) is 5.20. The summed E-state index contributed by atoms with van der Waals surface area (Å²) in [5.41, 5.74) is 8.93. The molecule has 2 aromatic heterocycles. The number of benzene rings is 1. The van der Waals surface area contributed by atoms with Gasteiger partial charge in [0.05, 0.1) is 0 Å². The smallest absolute Gasteiger partial charge is 0.257 e. The van der Waals surface area contributed by atoms with E-state index >= 15 is 0 Å². The second-order valence-corrected chi connectivity index (χ2v) is 4.71. The molecule has 0 atom stereocenters.